The first-order chi connectivity index (χ1) is 32.8. The third-order valence-electron chi connectivity index (χ3n) is 11.0. The number of esters is 2. The lowest BCUT2D eigenvalue weighted by molar-refractivity contribution is -0.892. The molecular formula is C56H61BN2O9. The minimum Gasteiger partial charge on any atom is -0.871 e. The van der Waals surface area contributed by atoms with Crippen molar-refractivity contribution >= 4 is 19.3 Å². The number of rotatable bonds is 16. The van der Waals surface area contributed by atoms with Crippen molar-refractivity contribution < 1.29 is 52.9 Å². The molecule has 2 aromatic heterocycles. The molecule has 0 saturated heterocycles. The average Bonchev–Trinajstić information content (AvgIpc) is 3.33. The monoisotopic (exact) mass is 916 g/mol. The van der Waals surface area contributed by atoms with Crippen LogP contribution >= 0.6 is 0 Å². The molecule has 0 aliphatic rings. The van der Waals surface area contributed by atoms with Gasteiger partial charge in [-0.25, -0.2) is 9.59 Å². The maximum absolute atomic E-state index is 12.4. The fourth-order valence-electron chi connectivity index (χ4n) is 8.24. The Balaban J connectivity index is 0.000000192. The summed E-state index contributed by atoms with van der Waals surface area (Å²) < 4.78 is 18.7. The van der Waals surface area contributed by atoms with Gasteiger partial charge in [0, 0.05) is 45.7 Å². The Bertz CT molecular complexity index is 2440. The highest BCUT2D eigenvalue weighted by Crippen LogP contribution is 2.43. The summed E-state index contributed by atoms with van der Waals surface area (Å²) in [5.41, 5.74) is 9.96. The molecule has 0 aliphatic carbocycles. The predicted octanol–water partition coefficient (Wildman–Crippen LogP) is 7.66. The Morgan fingerprint density at radius 3 is 1.18 bits per heavy atom. The summed E-state index contributed by atoms with van der Waals surface area (Å²) in [6.07, 6.45) is 4.72. The summed E-state index contributed by atoms with van der Waals surface area (Å²) in [6.45, 7) is 16.6. The second-order valence-corrected chi connectivity index (χ2v) is 16.2. The van der Waals surface area contributed by atoms with Crippen LogP contribution in [0.5, 0.6) is 11.5 Å². The lowest BCUT2D eigenvalue weighted by Gasteiger charge is -2.37. The molecule has 0 saturated carbocycles. The molecule has 0 aliphatic heterocycles. The molecule has 0 N–H and O–H groups in total. The van der Waals surface area contributed by atoms with Crippen molar-refractivity contribution in [3.05, 3.63) is 226 Å². The number of pyridine rings is 2. The van der Waals surface area contributed by atoms with Crippen LogP contribution in [0.3, 0.4) is 0 Å². The standard InChI is InChI=1S/C22H21BO3.2C17H20NO3/c24-23(25)26-18-10-17-22(19-11-4-1-5-12-19,20-13-6-2-7-14-20)21-15-8-3-9-16-21;2*1-5-20-18-9-7-6-8-15(18)17(19)21-16-13(3)10-12(2)11-14(16)4/h1-9,11-16H,10,17-18H2;2*6-11H,5H2,1-4H3/q-2;2*+1. The molecule has 0 atom stereocenters. The van der Waals surface area contributed by atoms with Gasteiger partial charge in [-0.15, -0.1) is 0 Å². The van der Waals surface area contributed by atoms with E-state index in [1.54, 1.807) is 48.8 Å². The molecule has 7 aromatic rings. The molecule has 0 amide bonds. The third kappa shape index (κ3) is 14.0. The highest BCUT2D eigenvalue weighted by Gasteiger charge is 2.35. The Morgan fingerprint density at radius 2 is 0.853 bits per heavy atom. The Kier molecular flexibility index (Phi) is 19.6. The van der Waals surface area contributed by atoms with Crippen LogP contribution in [0.25, 0.3) is 0 Å². The van der Waals surface area contributed by atoms with Crippen molar-refractivity contribution in [1.82, 2.24) is 0 Å². The number of carbonyl (C=O) groups is 2. The van der Waals surface area contributed by atoms with E-state index in [0.717, 1.165) is 39.8 Å². The summed E-state index contributed by atoms with van der Waals surface area (Å²) in [4.78, 5) is 35.5. The lowest BCUT2D eigenvalue weighted by Crippen LogP contribution is -2.48. The van der Waals surface area contributed by atoms with Crippen molar-refractivity contribution in [2.24, 2.45) is 0 Å². The average molecular weight is 917 g/mol. The van der Waals surface area contributed by atoms with Gasteiger partial charge < -0.3 is 24.2 Å². The summed E-state index contributed by atoms with van der Waals surface area (Å²) >= 11 is 0. The van der Waals surface area contributed by atoms with E-state index in [4.69, 9.17) is 23.8 Å². The van der Waals surface area contributed by atoms with E-state index in [0.29, 0.717) is 42.5 Å². The van der Waals surface area contributed by atoms with E-state index in [1.807, 2.05) is 134 Å². The van der Waals surface area contributed by atoms with Gasteiger partial charge >= 0.3 is 23.3 Å². The van der Waals surface area contributed by atoms with Crippen molar-refractivity contribution in [3.8, 4) is 11.5 Å². The normalized spacial score (nSPS) is 10.7. The molecule has 0 radical (unpaired) electrons. The zero-order valence-electron chi connectivity index (χ0n) is 40.3. The van der Waals surface area contributed by atoms with Gasteiger partial charge in [0.05, 0.1) is 7.32 Å². The minimum absolute atomic E-state index is 0.159. The van der Waals surface area contributed by atoms with Gasteiger partial charge in [-0.05, 0) is 119 Å². The Labute approximate surface area is 401 Å². The summed E-state index contributed by atoms with van der Waals surface area (Å²) in [6, 6.07) is 49.5. The molecule has 11 nitrogen and oxygen atoms in total. The summed E-state index contributed by atoms with van der Waals surface area (Å²) in [5.74, 6) is 0.355. The molecule has 0 bridgehead atoms. The lowest BCUT2D eigenvalue weighted by atomic mass is 9.67. The second-order valence-electron chi connectivity index (χ2n) is 16.2. The quantitative estimate of drug-likeness (QED) is 0.0239. The van der Waals surface area contributed by atoms with Crippen LogP contribution in [0.1, 0.15) is 97.7 Å². The van der Waals surface area contributed by atoms with Crippen LogP contribution in [0.2, 0.25) is 0 Å². The van der Waals surface area contributed by atoms with Crippen LogP contribution in [0.15, 0.2) is 164 Å². The van der Waals surface area contributed by atoms with Crippen LogP contribution < -0.4 is 38.7 Å². The highest BCUT2D eigenvalue weighted by atomic mass is 16.7. The first-order valence-corrected chi connectivity index (χ1v) is 22.8. The maximum atomic E-state index is 12.4. The minimum atomic E-state index is -2.23. The van der Waals surface area contributed by atoms with Crippen molar-refractivity contribution in [2.75, 3.05) is 19.8 Å². The number of ether oxygens (including phenoxy) is 2. The smallest absolute Gasteiger partial charge is 0.414 e. The second kappa shape index (κ2) is 25.7. The van der Waals surface area contributed by atoms with Gasteiger partial charge in [-0.2, -0.15) is 0 Å². The molecule has 7 rings (SSSR count). The van der Waals surface area contributed by atoms with E-state index in [1.165, 1.54) is 26.2 Å². The van der Waals surface area contributed by atoms with Crippen LogP contribution in [0, 0.1) is 41.5 Å². The molecule has 2 heterocycles. The number of aromatic nitrogens is 2. The van der Waals surface area contributed by atoms with Crippen molar-refractivity contribution in [3.63, 3.8) is 0 Å². The van der Waals surface area contributed by atoms with Gasteiger partial charge in [0.2, 0.25) is 12.4 Å². The van der Waals surface area contributed by atoms with Crippen molar-refractivity contribution in [1.29, 1.82) is 0 Å². The molecule has 0 unspecified atom stereocenters. The van der Waals surface area contributed by atoms with Crippen LogP contribution in [-0.2, 0) is 10.1 Å². The molecular weight excluding hydrogens is 855 g/mol. The fourth-order valence-corrected chi connectivity index (χ4v) is 8.24. The number of hydrogen-bond acceptors (Lipinski definition) is 9. The van der Waals surface area contributed by atoms with Gasteiger partial charge in [0.15, 0.2) is 13.2 Å². The van der Waals surface area contributed by atoms with Crippen LogP contribution in [0.4, 0.5) is 0 Å². The Hall–Kier alpha value is -7.12. The molecule has 352 valence electrons. The molecule has 5 aromatic carbocycles. The largest absolute Gasteiger partial charge is 0.871 e. The zero-order chi connectivity index (χ0) is 49.1. The van der Waals surface area contributed by atoms with Gasteiger partial charge in [-0.1, -0.05) is 126 Å². The predicted molar refractivity (Wildman–Crippen MR) is 259 cm³/mol. The zero-order valence-corrected chi connectivity index (χ0v) is 40.3. The topological polar surface area (TPSA) is 134 Å². The first kappa shape index (κ1) is 51.9. The van der Waals surface area contributed by atoms with E-state index in [9.17, 15) is 19.6 Å². The van der Waals surface area contributed by atoms with Gasteiger partial charge in [0.1, 0.15) is 11.5 Å². The van der Waals surface area contributed by atoms with E-state index < -0.39 is 19.3 Å². The highest BCUT2D eigenvalue weighted by molar-refractivity contribution is 6.28. The number of hydrogen-bond donors (Lipinski definition) is 0. The maximum Gasteiger partial charge on any atom is 0.414 e. The summed E-state index contributed by atoms with van der Waals surface area (Å²) in [7, 11) is -2.23. The van der Waals surface area contributed by atoms with Gasteiger partial charge in [-0.3, -0.25) is 9.68 Å². The molecule has 0 fully saturated rings. The SMILES string of the molecule is CCO[n+]1ccccc1C(=O)Oc1c(C)cc(C)cc1C.CCO[n+]1ccccc1C(=O)Oc1c(C)cc(C)cc1C.[O-]B([O-])OCCCC(c1ccccc1)(c1ccccc1)c1ccccc1. The Morgan fingerprint density at radius 1 is 0.515 bits per heavy atom. The number of aryl methyl sites for hydroxylation is 6. The van der Waals surface area contributed by atoms with E-state index >= 15 is 0 Å². The van der Waals surface area contributed by atoms with Crippen LogP contribution in [-0.4, -0.2) is 39.1 Å². The van der Waals surface area contributed by atoms with E-state index in [2.05, 4.69) is 36.4 Å². The molecule has 0 spiro atoms. The fraction of sp³-hybridized carbons (Fsp3) is 0.250. The molecule has 12 heteroatoms. The van der Waals surface area contributed by atoms with Gasteiger partial charge in [0.25, 0.3) is 0 Å². The number of carbonyl (C=O) groups excluding carboxylic acids is 2. The van der Waals surface area contributed by atoms with E-state index in [-0.39, 0.29) is 12.0 Å². The van der Waals surface area contributed by atoms with Crippen molar-refractivity contribution in [2.45, 2.75) is 73.6 Å². The number of nitrogens with zero attached hydrogens (tertiary/aromatic N) is 2. The number of benzene rings is 5. The third-order valence-corrected chi connectivity index (χ3v) is 11.0. The summed E-state index contributed by atoms with van der Waals surface area (Å²) in [5, 5.41) is 21.4. The first-order valence-electron chi connectivity index (χ1n) is 22.8. The molecule has 68 heavy (non-hydrogen) atoms.